The molecule has 7 heteroatoms. The summed E-state index contributed by atoms with van der Waals surface area (Å²) in [5.74, 6) is -2.78. The van der Waals surface area contributed by atoms with Crippen LogP contribution in [0.25, 0.3) is 0 Å². The van der Waals surface area contributed by atoms with E-state index in [1.54, 1.807) is 4.90 Å². The van der Waals surface area contributed by atoms with E-state index in [-0.39, 0.29) is 11.8 Å². The Morgan fingerprint density at radius 1 is 1.52 bits per heavy atom. The molecule has 2 N–H and O–H groups in total. The lowest BCUT2D eigenvalue weighted by atomic mass is 9.94. The van der Waals surface area contributed by atoms with Gasteiger partial charge in [-0.3, -0.25) is 15.2 Å². The van der Waals surface area contributed by atoms with Crippen LogP contribution in [0.2, 0.25) is 0 Å². The van der Waals surface area contributed by atoms with Crippen molar-refractivity contribution in [3.63, 3.8) is 0 Å². The van der Waals surface area contributed by atoms with Crippen LogP contribution in [0, 0.1) is 6.92 Å². The summed E-state index contributed by atoms with van der Waals surface area (Å²) in [4.78, 5) is 14.1. The van der Waals surface area contributed by atoms with E-state index in [4.69, 9.17) is 0 Å². The van der Waals surface area contributed by atoms with E-state index in [1.807, 2.05) is 13.0 Å². The Hall–Kier alpha value is -1.50. The molecule has 2 aliphatic heterocycles. The predicted molar refractivity (Wildman–Crippen MR) is 73.2 cm³/mol. The van der Waals surface area contributed by atoms with Crippen LogP contribution in [-0.2, 0) is 4.79 Å². The van der Waals surface area contributed by atoms with Crippen molar-refractivity contribution in [1.29, 1.82) is 0 Å². The van der Waals surface area contributed by atoms with E-state index in [1.165, 1.54) is 0 Å². The van der Waals surface area contributed by atoms with Crippen molar-refractivity contribution in [2.75, 3.05) is 19.6 Å². The van der Waals surface area contributed by atoms with Crippen LogP contribution in [0.15, 0.2) is 6.07 Å². The van der Waals surface area contributed by atoms with E-state index in [9.17, 15) is 13.6 Å². The number of aromatic nitrogens is 2. The Morgan fingerprint density at radius 2 is 2.33 bits per heavy atom. The molecule has 1 amide bonds. The van der Waals surface area contributed by atoms with Gasteiger partial charge in [0, 0.05) is 31.1 Å². The molecule has 116 valence electrons. The van der Waals surface area contributed by atoms with Gasteiger partial charge in [0.15, 0.2) is 0 Å². The highest BCUT2D eigenvalue weighted by molar-refractivity contribution is 5.82. The van der Waals surface area contributed by atoms with Crippen molar-refractivity contribution < 1.29 is 13.6 Å². The molecule has 1 aromatic heterocycles. The summed E-state index contributed by atoms with van der Waals surface area (Å²) in [6.45, 7) is 2.74. The fraction of sp³-hybridized carbons (Fsp3) is 0.714. The van der Waals surface area contributed by atoms with Crippen molar-refractivity contribution in [3.8, 4) is 0 Å². The lowest BCUT2D eigenvalue weighted by Crippen LogP contribution is -2.47. The van der Waals surface area contributed by atoms with Crippen molar-refractivity contribution in [2.45, 2.75) is 44.1 Å². The van der Waals surface area contributed by atoms with Crippen molar-refractivity contribution >= 4 is 5.91 Å². The lowest BCUT2D eigenvalue weighted by Gasteiger charge is -2.33. The van der Waals surface area contributed by atoms with Crippen molar-refractivity contribution in [1.82, 2.24) is 20.4 Å². The number of alkyl halides is 2. The van der Waals surface area contributed by atoms with Gasteiger partial charge in [-0.25, -0.2) is 8.78 Å². The average Bonchev–Trinajstić information content (AvgIpc) is 3.04. The van der Waals surface area contributed by atoms with E-state index in [0.29, 0.717) is 13.1 Å². The van der Waals surface area contributed by atoms with Crippen molar-refractivity contribution in [3.05, 3.63) is 17.5 Å². The zero-order chi connectivity index (χ0) is 15.0. The number of piperidine rings is 1. The van der Waals surface area contributed by atoms with Crippen LogP contribution in [0.1, 0.15) is 36.6 Å². The maximum Gasteiger partial charge on any atom is 0.262 e. The SMILES string of the molecule is Cc1cc(C2CCCN(C(=O)C3CC(F)(F)CN3)C2)n[nH]1. The molecule has 0 radical (unpaired) electrons. The second-order valence-electron chi connectivity index (χ2n) is 6.09. The molecule has 3 rings (SSSR count). The van der Waals surface area contributed by atoms with Gasteiger partial charge in [-0.2, -0.15) is 5.10 Å². The topological polar surface area (TPSA) is 61.0 Å². The number of hydrogen-bond acceptors (Lipinski definition) is 3. The van der Waals surface area contributed by atoms with Gasteiger partial charge in [0.05, 0.1) is 18.3 Å². The zero-order valence-corrected chi connectivity index (χ0v) is 12.0. The normalized spacial score (nSPS) is 28.8. The minimum absolute atomic E-state index is 0.189. The van der Waals surface area contributed by atoms with Gasteiger partial charge in [-0.1, -0.05) is 0 Å². The van der Waals surface area contributed by atoms with Crippen LogP contribution < -0.4 is 5.32 Å². The molecule has 1 aromatic rings. The first kappa shape index (κ1) is 14.4. The highest BCUT2D eigenvalue weighted by atomic mass is 19.3. The van der Waals surface area contributed by atoms with Gasteiger partial charge >= 0.3 is 0 Å². The summed E-state index contributed by atoms with van der Waals surface area (Å²) in [6, 6.07) is 1.24. The highest BCUT2D eigenvalue weighted by Gasteiger charge is 2.44. The molecule has 2 saturated heterocycles. The summed E-state index contributed by atoms with van der Waals surface area (Å²) in [7, 11) is 0. The Labute approximate surface area is 122 Å². The van der Waals surface area contributed by atoms with Gasteiger partial charge < -0.3 is 4.90 Å². The third-order valence-electron chi connectivity index (χ3n) is 4.29. The third kappa shape index (κ3) is 3.07. The lowest BCUT2D eigenvalue weighted by molar-refractivity contribution is -0.135. The second kappa shape index (κ2) is 5.36. The number of carbonyl (C=O) groups excluding carboxylic acids is 1. The summed E-state index contributed by atoms with van der Waals surface area (Å²) in [6.07, 6.45) is 1.46. The number of amides is 1. The molecule has 2 fully saturated rings. The molecule has 0 saturated carbocycles. The van der Waals surface area contributed by atoms with Crippen LogP contribution in [-0.4, -0.2) is 52.6 Å². The molecular formula is C14H20F2N4O. The summed E-state index contributed by atoms with van der Waals surface area (Å²) in [5, 5.41) is 9.81. The average molecular weight is 298 g/mol. The fourth-order valence-electron chi connectivity index (χ4n) is 3.18. The molecule has 0 aliphatic carbocycles. The number of aryl methyl sites for hydroxylation is 1. The Morgan fingerprint density at radius 3 is 2.95 bits per heavy atom. The predicted octanol–water partition coefficient (Wildman–Crippen LogP) is 1.42. The fourth-order valence-corrected chi connectivity index (χ4v) is 3.18. The van der Waals surface area contributed by atoms with Crippen LogP contribution in [0.4, 0.5) is 8.78 Å². The number of hydrogen-bond donors (Lipinski definition) is 2. The molecular weight excluding hydrogens is 278 g/mol. The highest BCUT2D eigenvalue weighted by Crippen LogP contribution is 2.29. The minimum Gasteiger partial charge on any atom is -0.341 e. The smallest absolute Gasteiger partial charge is 0.262 e. The Kier molecular flexibility index (Phi) is 3.69. The quantitative estimate of drug-likeness (QED) is 0.868. The maximum absolute atomic E-state index is 13.2. The van der Waals surface area contributed by atoms with E-state index in [0.717, 1.165) is 24.2 Å². The van der Waals surface area contributed by atoms with E-state index < -0.39 is 24.9 Å². The van der Waals surface area contributed by atoms with Crippen LogP contribution in [0.3, 0.4) is 0 Å². The molecule has 0 spiro atoms. The number of rotatable bonds is 2. The molecule has 0 aromatic carbocycles. The number of nitrogens with one attached hydrogen (secondary N) is 2. The number of aromatic amines is 1. The number of H-pyrrole nitrogens is 1. The first-order chi connectivity index (χ1) is 9.94. The number of likely N-dealkylation sites (tertiary alicyclic amines) is 1. The zero-order valence-electron chi connectivity index (χ0n) is 12.0. The molecule has 21 heavy (non-hydrogen) atoms. The standard InChI is InChI=1S/C14H20F2N4O/c1-9-5-11(19-18-9)10-3-2-4-20(7-10)13(21)12-6-14(15,16)8-17-12/h5,10,12,17H,2-4,6-8H2,1H3,(H,18,19). The number of halogens is 2. The largest absolute Gasteiger partial charge is 0.341 e. The van der Waals surface area contributed by atoms with Crippen LogP contribution >= 0.6 is 0 Å². The maximum atomic E-state index is 13.2. The van der Waals surface area contributed by atoms with E-state index in [2.05, 4.69) is 15.5 Å². The monoisotopic (exact) mass is 298 g/mol. The summed E-state index contributed by atoms with van der Waals surface area (Å²) >= 11 is 0. The first-order valence-corrected chi connectivity index (χ1v) is 7.36. The number of carbonyl (C=O) groups is 1. The molecule has 2 aliphatic rings. The first-order valence-electron chi connectivity index (χ1n) is 7.36. The molecule has 0 bridgehead atoms. The molecule has 3 heterocycles. The third-order valence-corrected chi connectivity index (χ3v) is 4.29. The Balaban J connectivity index is 1.64. The van der Waals surface area contributed by atoms with Gasteiger partial charge in [-0.05, 0) is 25.8 Å². The van der Waals surface area contributed by atoms with E-state index >= 15 is 0 Å². The van der Waals surface area contributed by atoms with Gasteiger partial charge in [0.2, 0.25) is 5.91 Å². The van der Waals surface area contributed by atoms with Crippen molar-refractivity contribution in [2.24, 2.45) is 0 Å². The second-order valence-corrected chi connectivity index (χ2v) is 6.09. The van der Waals surface area contributed by atoms with Gasteiger partial charge in [-0.15, -0.1) is 0 Å². The number of nitrogens with zero attached hydrogens (tertiary/aromatic N) is 2. The molecule has 2 unspecified atom stereocenters. The van der Waals surface area contributed by atoms with Gasteiger partial charge in [0.1, 0.15) is 0 Å². The molecule has 2 atom stereocenters. The summed E-state index contributed by atoms with van der Waals surface area (Å²) in [5.41, 5.74) is 1.94. The minimum atomic E-state index is -2.77. The van der Waals surface area contributed by atoms with Crippen LogP contribution in [0.5, 0.6) is 0 Å². The summed E-state index contributed by atoms with van der Waals surface area (Å²) < 4.78 is 26.4. The molecule has 5 nitrogen and oxygen atoms in total. The van der Waals surface area contributed by atoms with Gasteiger partial charge in [0.25, 0.3) is 5.92 Å². The Bertz CT molecular complexity index is 531.